The molecule has 7 heteroatoms. The molecule has 2 aromatic rings. The molecule has 1 atom stereocenters. The third-order valence-electron chi connectivity index (χ3n) is 2.98. The Morgan fingerprint density at radius 1 is 1.37 bits per heavy atom. The van der Waals surface area contributed by atoms with Gasteiger partial charge in [0.25, 0.3) is 0 Å². The van der Waals surface area contributed by atoms with Gasteiger partial charge in [-0.25, -0.2) is 14.8 Å². The van der Waals surface area contributed by atoms with Gasteiger partial charge in [-0.15, -0.1) is 0 Å². The first kappa shape index (κ1) is 13.0. The summed E-state index contributed by atoms with van der Waals surface area (Å²) in [5.74, 6) is -0.559. The number of carbonyl (C=O) groups is 1. The van der Waals surface area contributed by atoms with Gasteiger partial charge in [-0.3, -0.25) is 4.68 Å². The maximum atomic E-state index is 10.7. The minimum atomic E-state index is -1.09. The Bertz CT molecular complexity index is 591. The van der Waals surface area contributed by atoms with Gasteiger partial charge in [0.2, 0.25) is 0 Å². The van der Waals surface area contributed by atoms with Crippen molar-refractivity contribution in [2.24, 2.45) is 7.05 Å². The first-order valence-electron chi connectivity index (χ1n) is 5.79. The molecule has 0 aliphatic rings. The highest BCUT2D eigenvalue weighted by molar-refractivity contribution is 5.84. The molecule has 0 aliphatic heterocycles. The van der Waals surface area contributed by atoms with E-state index in [0.717, 1.165) is 11.3 Å². The van der Waals surface area contributed by atoms with Crippen LogP contribution in [0.1, 0.15) is 34.7 Å². The van der Waals surface area contributed by atoms with Gasteiger partial charge < -0.3 is 10.4 Å². The van der Waals surface area contributed by atoms with Gasteiger partial charge in [-0.2, -0.15) is 5.10 Å². The summed E-state index contributed by atoms with van der Waals surface area (Å²) >= 11 is 0. The van der Waals surface area contributed by atoms with E-state index in [1.165, 1.54) is 12.4 Å². The van der Waals surface area contributed by atoms with E-state index >= 15 is 0 Å². The second-order valence-electron chi connectivity index (χ2n) is 4.27. The van der Waals surface area contributed by atoms with Crippen LogP contribution in [0, 0.1) is 6.92 Å². The van der Waals surface area contributed by atoms with Crippen molar-refractivity contribution < 1.29 is 9.90 Å². The van der Waals surface area contributed by atoms with Gasteiger partial charge in [0.1, 0.15) is 5.82 Å². The predicted octanol–water partition coefficient (Wildman–Crippen LogP) is 1.39. The fourth-order valence-corrected chi connectivity index (χ4v) is 1.75. The zero-order valence-corrected chi connectivity index (χ0v) is 11.0. The van der Waals surface area contributed by atoms with Crippen molar-refractivity contribution in [3.05, 3.63) is 35.5 Å². The number of aromatic carboxylic acids is 1. The fraction of sp³-hybridized carbons (Fsp3) is 0.333. The predicted molar refractivity (Wildman–Crippen MR) is 69.0 cm³/mol. The third-order valence-corrected chi connectivity index (χ3v) is 2.98. The number of aryl methyl sites for hydroxylation is 1. The van der Waals surface area contributed by atoms with Crippen molar-refractivity contribution in [1.29, 1.82) is 0 Å². The van der Waals surface area contributed by atoms with E-state index in [-0.39, 0.29) is 11.7 Å². The average molecular weight is 261 g/mol. The molecule has 0 amide bonds. The molecule has 7 nitrogen and oxygen atoms in total. The Morgan fingerprint density at radius 3 is 2.58 bits per heavy atom. The topological polar surface area (TPSA) is 92.9 Å². The Morgan fingerprint density at radius 2 is 2.11 bits per heavy atom. The smallest absolute Gasteiger partial charge is 0.356 e. The van der Waals surface area contributed by atoms with Crippen LogP contribution in [0.25, 0.3) is 0 Å². The number of rotatable bonds is 4. The van der Waals surface area contributed by atoms with Crippen LogP contribution in [0.3, 0.4) is 0 Å². The molecule has 2 rings (SSSR count). The molecule has 1 unspecified atom stereocenters. The van der Waals surface area contributed by atoms with E-state index < -0.39 is 5.97 Å². The summed E-state index contributed by atoms with van der Waals surface area (Å²) in [5, 5.41) is 16.1. The van der Waals surface area contributed by atoms with Crippen LogP contribution in [-0.2, 0) is 7.05 Å². The molecule has 0 radical (unpaired) electrons. The lowest BCUT2D eigenvalue weighted by Crippen LogP contribution is -2.10. The number of nitrogens with one attached hydrogen (secondary N) is 1. The highest BCUT2D eigenvalue weighted by atomic mass is 16.4. The standard InChI is InChI=1S/C12H15N5O2/c1-7(9-4-15-17(3)8(9)2)16-11-6-13-10(5-14-11)12(18)19/h4-7H,1-3H3,(H,14,16)(H,18,19). The fourth-order valence-electron chi connectivity index (χ4n) is 1.75. The van der Waals surface area contributed by atoms with Crippen molar-refractivity contribution in [2.45, 2.75) is 19.9 Å². The molecular formula is C12H15N5O2. The van der Waals surface area contributed by atoms with Crippen LogP contribution in [0.5, 0.6) is 0 Å². The van der Waals surface area contributed by atoms with Gasteiger partial charge in [0.05, 0.1) is 24.6 Å². The summed E-state index contributed by atoms with van der Waals surface area (Å²) in [6.07, 6.45) is 4.44. The highest BCUT2D eigenvalue weighted by Gasteiger charge is 2.13. The Hall–Kier alpha value is -2.44. The maximum Gasteiger partial charge on any atom is 0.356 e. The van der Waals surface area contributed by atoms with Crippen LogP contribution in [0.15, 0.2) is 18.6 Å². The quantitative estimate of drug-likeness (QED) is 0.864. The molecule has 2 N–H and O–H groups in total. The number of hydrogen-bond acceptors (Lipinski definition) is 5. The molecule has 0 saturated heterocycles. The Labute approximate surface area is 110 Å². The lowest BCUT2D eigenvalue weighted by molar-refractivity contribution is 0.0690. The molecule has 0 bridgehead atoms. The maximum absolute atomic E-state index is 10.7. The summed E-state index contributed by atoms with van der Waals surface area (Å²) < 4.78 is 1.80. The molecule has 0 aromatic carbocycles. The van der Waals surface area contributed by atoms with E-state index in [1.54, 1.807) is 10.9 Å². The van der Waals surface area contributed by atoms with Crippen molar-refractivity contribution >= 4 is 11.8 Å². The number of nitrogens with zero attached hydrogens (tertiary/aromatic N) is 4. The molecule has 2 aromatic heterocycles. The largest absolute Gasteiger partial charge is 0.476 e. The first-order chi connectivity index (χ1) is 8.99. The van der Waals surface area contributed by atoms with Crippen molar-refractivity contribution in [1.82, 2.24) is 19.7 Å². The Kier molecular flexibility index (Phi) is 3.46. The number of anilines is 1. The zero-order valence-electron chi connectivity index (χ0n) is 11.0. The second-order valence-corrected chi connectivity index (χ2v) is 4.27. The second kappa shape index (κ2) is 5.05. The number of carboxylic acid groups (broad SMARTS) is 1. The SMILES string of the molecule is Cc1c(C(C)Nc2cnc(C(=O)O)cn2)cnn1C. The van der Waals surface area contributed by atoms with E-state index in [1.807, 2.05) is 20.9 Å². The average Bonchev–Trinajstić information content (AvgIpc) is 2.70. The lowest BCUT2D eigenvalue weighted by Gasteiger charge is -2.13. The van der Waals surface area contributed by atoms with Crippen molar-refractivity contribution in [3.8, 4) is 0 Å². The van der Waals surface area contributed by atoms with E-state index in [2.05, 4.69) is 20.4 Å². The van der Waals surface area contributed by atoms with Gasteiger partial charge in [-0.1, -0.05) is 0 Å². The molecule has 0 saturated carbocycles. The first-order valence-corrected chi connectivity index (χ1v) is 5.79. The minimum Gasteiger partial charge on any atom is -0.476 e. The molecule has 0 aliphatic carbocycles. The van der Waals surface area contributed by atoms with E-state index in [9.17, 15) is 4.79 Å². The normalized spacial score (nSPS) is 12.2. The van der Waals surface area contributed by atoms with Crippen LogP contribution < -0.4 is 5.32 Å². The molecule has 19 heavy (non-hydrogen) atoms. The summed E-state index contributed by atoms with van der Waals surface area (Å²) in [7, 11) is 1.88. The molecule has 0 fully saturated rings. The minimum absolute atomic E-state index is 0.0127. The van der Waals surface area contributed by atoms with Crippen molar-refractivity contribution in [2.75, 3.05) is 5.32 Å². The summed E-state index contributed by atoms with van der Waals surface area (Å²) in [4.78, 5) is 18.5. The Balaban J connectivity index is 2.12. The number of aromatic nitrogens is 4. The monoisotopic (exact) mass is 261 g/mol. The van der Waals surface area contributed by atoms with Crippen molar-refractivity contribution in [3.63, 3.8) is 0 Å². The highest BCUT2D eigenvalue weighted by Crippen LogP contribution is 2.19. The van der Waals surface area contributed by atoms with Crippen LogP contribution in [-0.4, -0.2) is 30.8 Å². The molecule has 2 heterocycles. The van der Waals surface area contributed by atoms with Gasteiger partial charge in [-0.05, 0) is 13.8 Å². The van der Waals surface area contributed by atoms with Gasteiger partial charge in [0.15, 0.2) is 5.69 Å². The summed E-state index contributed by atoms with van der Waals surface area (Å²) in [6.45, 7) is 3.97. The number of hydrogen-bond donors (Lipinski definition) is 2. The lowest BCUT2D eigenvalue weighted by atomic mass is 10.1. The summed E-state index contributed by atoms with van der Waals surface area (Å²) in [5.41, 5.74) is 2.05. The zero-order chi connectivity index (χ0) is 14.0. The number of carboxylic acids is 1. The third kappa shape index (κ3) is 2.70. The van der Waals surface area contributed by atoms with Crippen LogP contribution >= 0.6 is 0 Å². The van der Waals surface area contributed by atoms with Gasteiger partial charge >= 0.3 is 5.97 Å². The molecule has 100 valence electrons. The van der Waals surface area contributed by atoms with Gasteiger partial charge in [0, 0.05) is 18.3 Å². The molecule has 0 spiro atoms. The van der Waals surface area contributed by atoms with Crippen LogP contribution in [0.2, 0.25) is 0 Å². The molecular weight excluding hydrogens is 246 g/mol. The van der Waals surface area contributed by atoms with E-state index in [4.69, 9.17) is 5.11 Å². The van der Waals surface area contributed by atoms with E-state index in [0.29, 0.717) is 5.82 Å². The van der Waals surface area contributed by atoms with Crippen LogP contribution in [0.4, 0.5) is 5.82 Å². The summed E-state index contributed by atoms with van der Waals surface area (Å²) in [6, 6.07) is 0.0127.